The van der Waals surface area contributed by atoms with E-state index in [4.69, 9.17) is 14.8 Å². The minimum Gasteiger partial charge on any atom is -0.398 e. The average molecular weight is 308 g/mol. The lowest BCUT2D eigenvalue weighted by Crippen LogP contribution is -2.27. The SMILES string of the molecule is CC(C(=O)c1[c]cc(S(=O)(=O)O)c(N)c1)S(=O)(=O)O. The van der Waals surface area contributed by atoms with Crippen molar-refractivity contribution in [3.8, 4) is 0 Å². The average Bonchev–Trinajstić information content (AvgIpc) is 2.23. The van der Waals surface area contributed by atoms with Gasteiger partial charge in [-0.05, 0) is 25.1 Å². The molecular weight excluding hydrogens is 298 g/mol. The molecule has 0 aliphatic heterocycles. The highest BCUT2D eigenvalue weighted by atomic mass is 32.2. The van der Waals surface area contributed by atoms with E-state index in [1.54, 1.807) is 0 Å². The van der Waals surface area contributed by atoms with Crippen LogP contribution in [0.4, 0.5) is 5.69 Å². The normalized spacial score (nSPS) is 14.1. The highest BCUT2D eigenvalue weighted by Crippen LogP contribution is 2.20. The van der Waals surface area contributed by atoms with Gasteiger partial charge in [0, 0.05) is 5.56 Å². The first-order valence-corrected chi connectivity index (χ1v) is 7.68. The first-order chi connectivity index (χ1) is 8.44. The van der Waals surface area contributed by atoms with Crippen molar-refractivity contribution in [2.45, 2.75) is 17.1 Å². The van der Waals surface area contributed by atoms with Gasteiger partial charge >= 0.3 is 0 Å². The third-order valence-corrected chi connectivity index (χ3v) is 4.32. The summed E-state index contributed by atoms with van der Waals surface area (Å²) in [5.41, 5.74) is 4.57. The Morgan fingerprint density at radius 2 is 1.84 bits per heavy atom. The van der Waals surface area contributed by atoms with Crippen molar-refractivity contribution in [2.24, 2.45) is 0 Å². The van der Waals surface area contributed by atoms with Crippen molar-refractivity contribution < 1.29 is 30.7 Å². The maximum absolute atomic E-state index is 11.7. The molecule has 0 aliphatic rings. The van der Waals surface area contributed by atoms with Crippen LogP contribution in [0.1, 0.15) is 17.3 Å². The minimum atomic E-state index is -4.58. The van der Waals surface area contributed by atoms with Gasteiger partial charge in [-0.1, -0.05) is 0 Å². The number of carbonyl (C=O) groups is 1. The molecule has 0 saturated carbocycles. The van der Waals surface area contributed by atoms with Crippen molar-refractivity contribution in [1.29, 1.82) is 0 Å². The zero-order valence-electron chi connectivity index (χ0n) is 9.56. The van der Waals surface area contributed by atoms with Crippen molar-refractivity contribution in [3.05, 3.63) is 23.8 Å². The summed E-state index contributed by atoms with van der Waals surface area (Å²) in [6.45, 7) is 0.957. The number of anilines is 1. The third kappa shape index (κ3) is 3.50. The van der Waals surface area contributed by atoms with Gasteiger partial charge in [-0.2, -0.15) is 16.8 Å². The third-order valence-electron chi connectivity index (χ3n) is 2.30. The van der Waals surface area contributed by atoms with Crippen LogP contribution in [-0.2, 0) is 20.2 Å². The standard InChI is InChI=1S/C9H10NO7S2/c1-5(18(12,13)14)9(11)6-2-3-8(7(10)4-6)19(15,16)17/h3-5H,10H2,1H3,(H,12,13,14)(H,15,16,17). The number of Topliss-reactive ketones (excluding diaryl/α,β-unsaturated/α-hetero) is 1. The Balaban J connectivity index is 3.27. The van der Waals surface area contributed by atoms with Crippen LogP contribution in [0, 0.1) is 6.07 Å². The largest absolute Gasteiger partial charge is 0.398 e. The molecule has 1 atom stereocenters. The van der Waals surface area contributed by atoms with Gasteiger partial charge in [0.15, 0.2) is 5.78 Å². The Kier molecular flexibility index (Phi) is 4.00. The van der Waals surface area contributed by atoms with E-state index < -0.39 is 41.9 Å². The summed E-state index contributed by atoms with van der Waals surface area (Å²) < 4.78 is 60.9. The molecule has 19 heavy (non-hydrogen) atoms. The number of rotatable bonds is 4. The fourth-order valence-electron chi connectivity index (χ4n) is 1.21. The summed E-state index contributed by atoms with van der Waals surface area (Å²) in [7, 11) is -9.14. The van der Waals surface area contributed by atoms with Crippen LogP contribution in [0.3, 0.4) is 0 Å². The Morgan fingerprint density at radius 1 is 1.32 bits per heavy atom. The summed E-state index contributed by atoms with van der Waals surface area (Å²) in [5, 5.41) is -1.74. The monoisotopic (exact) mass is 308 g/mol. The number of benzene rings is 1. The predicted molar refractivity (Wildman–Crippen MR) is 64.8 cm³/mol. The Hall–Kier alpha value is -1.49. The van der Waals surface area contributed by atoms with Crippen LogP contribution < -0.4 is 5.73 Å². The summed E-state index contributed by atoms with van der Waals surface area (Å²) in [6, 6.07) is 3.79. The topological polar surface area (TPSA) is 152 Å². The second kappa shape index (κ2) is 4.89. The van der Waals surface area contributed by atoms with E-state index >= 15 is 0 Å². The van der Waals surface area contributed by atoms with E-state index in [9.17, 15) is 21.6 Å². The van der Waals surface area contributed by atoms with Gasteiger partial charge in [0.25, 0.3) is 20.2 Å². The van der Waals surface area contributed by atoms with Gasteiger partial charge in [0.2, 0.25) is 0 Å². The number of ketones is 1. The van der Waals surface area contributed by atoms with Gasteiger partial charge in [-0.25, -0.2) is 0 Å². The molecule has 0 fully saturated rings. The van der Waals surface area contributed by atoms with E-state index in [1.165, 1.54) is 0 Å². The molecule has 1 aromatic rings. The molecule has 0 heterocycles. The van der Waals surface area contributed by atoms with E-state index in [-0.39, 0.29) is 5.56 Å². The summed E-state index contributed by atoms with van der Waals surface area (Å²) in [5.74, 6) is -1.00. The van der Waals surface area contributed by atoms with Crippen LogP contribution in [-0.4, -0.2) is 37.0 Å². The van der Waals surface area contributed by atoms with Crippen LogP contribution in [0.15, 0.2) is 17.0 Å². The van der Waals surface area contributed by atoms with Crippen molar-refractivity contribution in [1.82, 2.24) is 0 Å². The number of hydrogen-bond acceptors (Lipinski definition) is 6. The Labute approximate surface area is 109 Å². The highest BCUT2D eigenvalue weighted by molar-refractivity contribution is 7.87. The maximum atomic E-state index is 11.7. The van der Waals surface area contributed by atoms with E-state index in [0.29, 0.717) is 0 Å². The second-order valence-electron chi connectivity index (χ2n) is 3.66. The summed E-state index contributed by atoms with van der Waals surface area (Å²) >= 11 is 0. The summed E-state index contributed by atoms with van der Waals surface area (Å²) in [6.07, 6.45) is 0. The summed E-state index contributed by atoms with van der Waals surface area (Å²) in [4.78, 5) is 11.0. The quantitative estimate of drug-likeness (QED) is 0.392. The number of nitrogen functional groups attached to an aromatic ring is 1. The molecule has 1 aromatic carbocycles. The van der Waals surface area contributed by atoms with Gasteiger partial charge in [0.1, 0.15) is 10.1 Å². The molecule has 0 aromatic heterocycles. The van der Waals surface area contributed by atoms with Gasteiger partial charge < -0.3 is 5.73 Å². The molecule has 4 N–H and O–H groups in total. The molecule has 0 bridgehead atoms. The number of nitrogens with two attached hydrogens (primary N) is 1. The molecule has 0 spiro atoms. The molecule has 1 rings (SSSR count). The molecule has 1 unspecified atom stereocenters. The van der Waals surface area contributed by atoms with Crippen LogP contribution in [0.2, 0.25) is 0 Å². The van der Waals surface area contributed by atoms with Crippen molar-refractivity contribution in [3.63, 3.8) is 0 Å². The lowest BCUT2D eigenvalue weighted by atomic mass is 10.1. The first-order valence-electron chi connectivity index (χ1n) is 4.74. The zero-order valence-corrected chi connectivity index (χ0v) is 11.2. The molecule has 10 heteroatoms. The maximum Gasteiger partial charge on any atom is 0.296 e. The molecule has 0 aliphatic carbocycles. The molecule has 1 radical (unpaired) electrons. The van der Waals surface area contributed by atoms with Crippen LogP contribution >= 0.6 is 0 Å². The Bertz CT molecular complexity index is 721. The van der Waals surface area contributed by atoms with Gasteiger partial charge in [-0.3, -0.25) is 13.9 Å². The Morgan fingerprint density at radius 3 is 2.21 bits per heavy atom. The lowest BCUT2D eigenvalue weighted by Gasteiger charge is -2.08. The fraction of sp³-hybridized carbons (Fsp3) is 0.222. The van der Waals surface area contributed by atoms with Gasteiger partial charge in [0.05, 0.1) is 5.69 Å². The van der Waals surface area contributed by atoms with Crippen LogP contribution in [0.25, 0.3) is 0 Å². The van der Waals surface area contributed by atoms with E-state index in [1.807, 2.05) is 0 Å². The predicted octanol–water partition coefficient (Wildman–Crippen LogP) is -0.225. The fourth-order valence-corrected chi connectivity index (χ4v) is 2.18. The van der Waals surface area contributed by atoms with E-state index in [2.05, 4.69) is 6.07 Å². The molecular formula is C9H10NO7S2. The minimum absolute atomic E-state index is 0.324. The number of carbonyl (C=O) groups excluding carboxylic acids is 1. The smallest absolute Gasteiger partial charge is 0.296 e. The zero-order chi connectivity index (χ0) is 15.0. The highest BCUT2D eigenvalue weighted by Gasteiger charge is 2.28. The van der Waals surface area contributed by atoms with Gasteiger partial charge in [-0.15, -0.1) is 0 Å². The lowest BCUT2D eigenvalue weighted by molar-refractivity contribution is 0.0988. The molecule has 8 nitrogen and oxygen atoms in total. The number of hydrogen-bond donors (Lipinski definition) is 3. The molecule has 0 amide bonds. The second-order valence-corrected chi connectivity index (χ2v) is 6.79. The molecule has 105 valence electrons. The van der Waals surface area contributed by atoms with Crippen molar-refractivity contribution >= 4 is 31.7 Å². The molecule has 0 saturated heterocycles. The van der Waals surface area contributed by atoms with E-state index in [0.717, 1.165) is 19.1 Å². The first kappa shape index (κ1) is 15.6. The van der Waals surface area contributed by atoms with Crippen molar-refractivity contribution in [2.75, 3.05) is 5.73 Å². The van der Waals surface area contributed by atoms with Crippen LogP contribution in [0.5, 0.6) is 0 Å².